The summed E-state index contributed by atoms with van der Waals surface area (Å²) in [6.45, 7) is 12.3. The summed E-state index contributed by atoms with van der Waals surface area (Å²) in [5, 5.41) is 0. The van der Waals surface area contributed by atoms with Gasteiger partial charge in [0.15, 0.2) is 23.8 Å². The third-order valence-corrected chi connectivity index (χ3v) is 9.00. The highest BCUT2D eigenvalue weighted by Gasteiger charge is 2.54. The van der Waals surface area contributed by atoms with Crippen LogP contribution in [0.25, 0.3) is 0 Å². The fourth-order valence-corrected chi connectivity index (χ4v) is 7.16. The molecule has 0 aromatic heterocycles. The fourth-order valence-electron chi connectivity index (χ4n) is 7.16. The second-order valence-corrected chi connectivity index (χ2v) is 14.8. The average Bonchev–Trinajstić information content (AvgIpc) is 2.96. The van der Waals surface area contributed by atoms with Gasteiger partial charge in [-0.1, -0.05) is 39.8 Å². The van der Waals surface area contributed by atoms with Gasteiger partial charge >= 0.3 is 23.9 Å². The number of hydrogen-bond donors (Lipinski definition) is 0. The van der Waals surface area contributed by atoms with Crippen molar-refractivity contribution in [3.8, 4) is 5.75 Å². The van der Waals surface area contributed by atoms with Gasteiger partial charge < -0.3 is 33.2 Å². The molecule has 2 heterocycles. The van der Waals surface area contributed by atoms with Crippen LogP contribution in [-0.4, -0.2) is 72.8 Å². The summed E-state index contributed by atoms with van der Waals surface area (Å²) in [6.07, 6.45) is -4.97. The van der Waals surface area contributed by atoms with Gasteiger partial charge in [-0.3, -0.25) is 28.8 Å². The topological polar surface area (TPSA) is 167 Å². The van der Waals surface area contributed by atoms with Crippen LogP contribution < -0.4 is 4.74 Å². The highest BCUT2D eigenvalue weighted by atomic mass is 16.7. The lowest BCUT2D eigenvalue weighted by Gasteiger charge is -2.44. The van der Waals surface area contributed by atoms with Crippen LogP contribution in [0, 0.1) is 10.8 Å². The van der Waals surface area contributed by atoms with E-state index in [-0.39, 0.29) is 28.1 Å². The molecule has 50 heavy (non-hydrogen) atoms. The molecule has 13 nitrogen and oxygen atoms in total. The van der Waals surface area contributed by atoms with Crippen LogP contribution in [0.1, 0.15) is 92.6 Å². The Labute approximate surface area is 290 Å². The van der Waals surface area contributed by atoms with Crippen LogP contribution in [0.2, 0.25) is 0 Å². The van der Waals surface area contributed by atoms with Crippen molar-refractivity contribution in [3.05, 3.63) is 52.5 Å². The second-order valence-electron chi connectivity index (χ2n) is 14.8. The lowest BCUT2D eigenvalue weighted by atomic mass is 9.65. The zero-order chi connectivity index (χ0) is 36.7. The van der Waals surface area contributed by atoms with E-state index >= 15 is 0 Å². The molecule has 1 aromatic rings. The zero-order valence-corrected chi connectivity index (χ0v) is 29.6. The van der Waals surface area contributed by atoms with Gasteiger partial charge in [-0.05, 0) is 28.5 Å². The Hall–Kier alpha value is -4.52. The van der Waals surface area contributed by atoms with Crippen molar-refractivity contribution in [2.75, 3.05) is 6.61 Å². The number of benzene rings is 1. The predicted molar refractivity (Wildman–Crippen MR) is 173 cm³/mol. The van der Waals surface area contributed by atoms with Gasteiger partial charge in [-0.2, -0.15) is 0 Å². The van der Waals surface area contributed by atoms with Gasteiger partial charge in [0.25, 0.3) is 0 Å². The van der Waals surface area contributed by atoms with E-state index in [1.165, 1.54) is 6.92 Å². The normalized spacial score (nSPS) is 27.3. The lowest BCUT2D eigenvalue weighted by Crippen LogP contribution is -2.63. The third-order valence-electron chi connectivity index (χ3n) is 9.00. The number of carbonyl (C=O) groups excluding carboxylic acids is 6. The molecule has 4 aliphatic rings. The molecule has 2 aliphatic carbocycles. The number of esters is 4. The van der Waals surface area contributed by atoms with E-state index in [0.717, 1.165) is 20.8 Å². The van der Waals surface area contributed by atoms with Gasteiger partial charge in [0, 0.05) is 70.4 Å². The smallest absolute Gasteiger partial charge is 0.303 e. The number of rotatable bonds is 8. The Balaban J connectivity index is 1.50. The first-order valence-corrected chi connectivity index (χ1v) is 16.6. The van der Waals surface area contributed by atoms with E-state index in [1.807, 2.05) is 27.7 Å². The van der Waals surface area contributed by atoms with Gasteiger partial charge in [0.05, 0.1) is 0 Å². The Morgan fingerprint density at radius 3 is 1.64 bits per heavy atom. The predicted octanol–water partition coefficient (Wildman–Crippen LogP) is 4.55. The maximum atomic E-state index is 13.7. The van der Waals surface area contributed by atoms with Crippen molar-refractivity contribution in [2.24, 2.45) is 10.8 Å². The summed E-state index contributed by atoms with van der Waals surface area (Å²) in [5.74, 6) is -2.24. The van der Waals surface area contributed by atoms with E-state index < -0.39 is 67.1 Å². The van der Waals surface area contributed by atoms with E-state index in [4.69, 9.17) is 33.2 Å². The first-order chi connectivity index (χ1) is 23.3. The second kappa shape index (κ2) is 14.0. The molecule has 0 saturated carbocycles. The Kier molecular flexibility index (Phi) is 10.3. The molecule has 5 atom stereocenters. The van der Waals surface area contributed by atoms with Crippen molar-refractivity contribution in [1.29, 1.82) is 0 Å². The standard InChI is InChI=1S/C37H44O13/c1-18(38)44-17-28-32(45-19(2)39)33(46-20(3)40)34(47-21(4)41)35(50-28)48-23-11-9-22(10-12-23)29-30-24(42)13-36(5,6)15-26(30)49-27-16-37(7,8)14-25(43)31(27)29/h9-12,28-29,32-35H,13-17H2,1-8H3. The molecule has 0 amide bonds. The molecule has 1 aromatic carbocycles. The highest BCUT2D eigenvalue weighted by molar-refractivity contribution is 6.06. The quantitative estimate of drug-likeness (QED) is 0.275. The van der Waals surface area contributed by atoms with Crippen molar-refractivity contribution in [1.82, 2.24) is 0 Å². The van der Waals surface area contributed by atoms with Gasteiger partial charge in [0.1, 0.15) is 30.0 Å². The third kappa shape index (κ3) is 8.09. The minimum Gasteiger partial charge on any atom is -0.465 e. The molecular weight excluding hydrogens is 652 g/mol. The lowest BCUT2D eigenvalue weighted by molar-refractivity contribution is -0.288. The Morgan fingerprint density at radius 1 is 0.680 bits per heavy atom. The first-order valence-electron chi connectivity index (χ1n) is 16.6. The number of Topliss-reactive ketones (excluding diaryl/α,β-unsaturated/α-hetero) is 2. The maximum Gasteiger partial charge on any atom is 0.303 e. The van der Waals surface area contributed by atoms with E-state index in [1.54, 1.807) is 24.3 Å². The molecule has 1 saturated heterocycles. The largest absolute Gasteiger partial charge is 0.465 e. The van der Waals surface area contributed by atoms with Crippen molar-refractivity contribution < 1.29 is 61.9 Å². The van der Waals surface area contributed by atoms with Crippen LogP contribution in [0.15, 0.2) is 46.9 Å². The van der Waals surface area contributed by atoms with Crippen molar-refractivity contribution >= 4 is 35.4 Å². The number of hydrogen-bond acceptors (Lipinski definition) is 13. The summed E-state index contributed by atoms with van der Waals surface area (Å²) in [6, 6.07) is 6.72. The monoisotopic (exact) mass is 696 g/mol. The number of ketones is 2. The molecular formula is C37H44O13. The molecule has 5 rings (SSSR count). The Bertz CT molecular complexity index is 1590. The van der Waals surface area contributed by atoms with Gasteiger partial charge in [-0.15, -0.1) is 0 Å². The Morgan fingerprint density at radius 2 is 1.16 bits per heavy atom. The zero-order valence-electron chi connectivity index (χ0n) is 29.6. The van der Waals surface area contributed by atoms with E-state index in [2.05, 4.69) is 0 Å². The molecule has 0 spiro atoms. The summed E-state index contributed by atoms with van der Waals surface area (Å²) < 4.78 is 40.2. The molecule has 5 unspecified atom stereocenters. The minimum absolute atomic E-state index is 0.0664. The highest BCUT2D eigenvalue weighted by Crippen LogP contribution is 2.53. The summed E-state index contributed by atoms with van der Waals surface area (Å²) in [7, 11) is 0. The SMILES string of the molecule is CC(=O)OCC1OC(Oc2ccc(C3C4=C(CC(C)(C)CC4=O)OC4=C3C(=O)CC(C)(C)C4)cc2)C(OC(C)=O)C(OC(C)=O)C1OC(C)=O. The van der Waals surface area contributed by atoms with Crippen LogP contribution in [0.3, 0.4) is 0 Å². The van der Waals surface area contributed by atoms with Crippen LogP contribution >= 0.6 is 0 Å². The van der Waals surface area contributed by atoms with E-state index in [9.17, 15) is 28.8 Å². The van der Waals surface area contributed by atoms with E-state index in [0.29, 0.717) is 53.9 Å². The molecule has 0 N–H and O–H groups in total. The number of carbonyl (C=O) groups is 6. The molecule has 1 fully saturated rings. The van der Waals surface area contributed by atoms with Gasteiger partial charge in [0.2, 0.25) is 12.4 Å². The van der Waals surface area contributed by atoms with Crippen molar-refractivity contribution in [3.63, 3.8) is 0 Å². The fraction of sp³-hybridized carbons (Fsp3) is 0.568. The van der Waals surface area contributed by atoms with Crippen LogP contribution in [0.5, 0.6) is 5.75 Å². The number of ether oxygens (including phenoxy) is 7. The average molecular weight is 697 g/mol. The first kappa shape index (κ1) is 36.8. The molecule has 0 bridgehead atoms. The van der Waals surface area contributed by atoms with Crippen LogP contribution in [0.4, 0.5) is 0 Å². The molecule has 2 aliphatic heterocycles. The van der Waals surface area contributed by atoms with Crippen molar-refractivity contribution in [2.45, 2.75) is 118 Å². The minimum atomic E-state index is -1.42. The molecule has 13 heteroatoms. The summed E-state index contributed by atoms with van der Waals surface area (Å²) in [5.41, 5.74) is 1.07. The maximum absolute atomic E-state index is 13.7. The number of allylic oxidation sites excluding steroid dienone is 4. The summed E-state index contributed by atoms with van der Waals surface area (Å²) >= 11 is 0. The molecule has 270 valence electrons. The molecule has 0 radical (unpaired) electrons. The van der Waals surface area contributed by atoms with Gasteiger partial charge in [-0.25, -0.2) is 0 Å². The summed E-state index contributed by atoms with van der Waals surface area (Å²) in [4.78, 5) is 75.5. The van der Waals surface area contributed by atoms with Crippen LogP contribution in [-0.2, 0) is 57.2 Å².